The third-order valence-corrected chi connectivity index (χ3v) is 12.7. The van der Waals surface area contributed by atoms with Gasteiger partial charge in [-0.1, -0.05) is 29.9 Å². The van der Waals surface area contributed by atoms with Crippen molar-refractivity contribution in [2.24, 2.45) is 0 Å². The van der Waals surface area contributed by atoms with Crippen LogP contribution in [-0.2, 0) is 0 Å². The van der Waals surface area contributed by atoms with Crippen molar-refractivity contribution in [2.75, 3.05) is 68.7 Å². The third-order valence-electron chi connectivity index (χ3n) is 9.20. The second kappa shape index (κ2) is 10.4. The average molecular weight is 629 g/mol. The molecule has 7 heterocycles. The molecule has 0 radical (unpaired) electrons. The van der Waals surface area contributed by atoms with E-state index in [-0.39, 0.29) is 11.7 Å². The van der Waals surface area contributed by atoms with Crippen LogP contribution in [0.1, 0.15) is 25.8 Å². The largest absolute Gasteiger partial charge is 0.375 e. The van der Waals surface area contributed by atoms with Gasteiger partial charge in [0.15, 0.2) is 5.13 Å². The van der Waals surface area contributed by atoms with Crippen LogP contribution < -0.4 is 21.6 Å². The Morgan fingerprint density at radius 3 is 2.63 bits per heavy atom. The summed E-state index contributed by atoms with van der Waals surface area (Å²) in [7, 11) is 0. The van der Waals surface area contributed by atoms with Crippen molar-refractivity contribution >= 4 is 77.4 Å². The Labute approximate surface area is 255 Å². The van der Waals surface area contributed by atoms with Gasteiger partial charge < -0.3 is 20.9 Å². The first kappa shape index (κ1) is 26.7. The number of rotatable bonds is 5. The van der Waals surface area contributed by atoms with Crippen molar-refractivity contribution in [2.45, 2.75) is 42.8 Å². The minimum absolute atomic E-state index is 0.0443. The fraction of sp³-hybridized carbons (Fsp3) is 0.536. The molecule has 1 aromatic carbocycles. The minimum Gasteiger partial charge on any atom is -0.375 e. The van der Waals surface area contributed by atoms with E-state index in [0.717, 1.165) is 100 Å². The number of piperazine rings is 2. The lowest BCUT2D eigenvalue weighted by molar-refractivity contribution is 0.126. The number of fused-ring (bicyclic) bond motifs is 3. The molecule has 3 saturated heterocycles. The number of hydrogen-bond donors (Lipinski definition) is 2. The number of thiazole rings is 1. The molecule has 3 aromatic heterocycles. The number of likely N-dealkylation sites (N-methyl/N-ethyl adjacent to an activating group) is 1. The molecule has 3 fully saturated rings. The quantitative estimate of drug-likeness (QED) is 0.337. The van der Waals surface area contributed by atoms with Crippen molar-refractivity contribution in [3.63, 3.8) is 0 Å². The van der Waals surface area contributed by atoms with Gasteiger partial charge in [0.2, 0.25) is 0 Å². The lowest BCUT2D eigenvalue weighted by atomic mass is 10.0. The van der Waals surface area contributed by atoms with Gasteiger partial charge in [0.05, 0.1) is 16.6 Å². The zero-order chi connectivity index (χ0) is 27.8. The van der Waals surface area contributed by atoms with Gasteiger partial charge >= 0.3 is 5.69 Å². The maximum Gasteiger partial charge on any atom is 0.350 e. The highest BCUT2D eigenvalue weighted by Gasteiger charge is 2.36. The summed E-state index contributed by atoms with van der Waals surface area (Å²) in [6.45, 7) is 10.1. The molecule has 0 saturated carbocycles. The zero-order valence-corrected chi connectivity index (χ0v) is 26.1. The van der Waals surface area contributed by atoms with Crippen LogP contribution >= 0.6 is 46.0 Å². The topological polar surface area (TPSA) is 95.6 Å². The molecule has 41 heavy (non-hydrogen) atoms. The van der Waals surface area contributed by atoms with Gasteiger partial charge in [-0.2, -0.15) is 4.98 Å². The molecule has 4 aromatic rings. The van der Waals surface area contributed by atoms with Gasteiger partial charge in [0.25, 0.3) is 0 Å². The number of thiophene rings is 1. The molecule has 216 valence electrons. The first-order chi connectivity index (χ1) is 20.0. The lowest BCUT2D eigenvalue weighted by Crippen LogP contribution is -2.52. The van der Waals surface area contributed by atoms with Crippen LogP contribution in [0.3, 0.4) is 0 Å². The molecule has 3 N–H and O–H groups in total. The van der Waals surface area contributed by atoms with Gasteiger partial charge in [-0.15, -0.1) is 23.1 Å². The van der Waals surface area contributed by atoms with E-state index >= 15 is 0 Å². The highest BCUT2D eigenvalue weighted by atomic mass is 35.5. The van der Waals surface area contributed by atoms with Crippen LogP contribution in [-0.4, -0.2) is 94.5 Å². The summed E-state index contributed by atoms with van der Waals surface area (Å²) in [5.41, 5.74) is 9.77. The predicted molar refractivity (Wildman–Crippen MR) is 172 cm³/mol. The summed E-state index contributed by atoms with van der Waals surface area (Å²) in [4.78, 5) is 31.9. The molecule has 4 aliphatic rings. The summed E-state index contributed by atoms with van der Waals surface area (Å²) in [6, 6.07) is 2.98. The number of aromatic nitrogens is 3. The maximum absolute atomic E-state index is 14.1. The third kappa shape index (κ3) is 4.49. The van der Waals surface area contributed by atoms with E-state index in [1.807, 2.05) is 16.3 Å². The van der Waals surface area contributed by atoms with Crippen LogP contribution in [0.4, 0.5) is 10.9 Å². The molecule has 8 rings (SSSR count). The van der Waals surface area contributed by atoms with Crippen LogP contribution in [0.5, 0.6) is 0 Å². The minimum atomic E-state index is -0.154. The molecule has 9 nitrogen and oxygen atoms in total. The van der Waals surface area contributed by atoms with Crippen molar-refractivity contribution in [3.8, 4) is 11.1 Å². The number of benzene rings is 1. The van der Waals surface area contributed by atoms with Crippen molar-refractivity contribution in [3.05, 3.63) is 27.0 Å². The van der Waals surface area contributed by atoms with Gasteiger partial charge in [-0.25, -0.2) is 9.78 Å². The number of nitrogens with zero attached hydrogens (tertiary/aromatic N) is 6. The second-order valence-electron chi connectivity index (χ2n) is 11.6. The van der Waals surface area contributed by atoms with E-state index in [1.54, 1.807) is 11.3 Å². The normalized spacial score (nSPS) is 25.1. The van der Waals surface area contributed by atoms with Gasteiger partial charge in [0.1, 0.15) is 15.3 Å². The molecular weight excluding hydrogens is 596 g/mol. The number of anilines is 2. The number of halogens is 1. The number of hydrogen-bond acceptors (Lipinski definition) is 11. The van der Waals surface area contributed by atoms with Crippen LogP contribution in [0, 0.1) is 0 Å². The van der Waals surface area contributed by atoms with E-state index < -0.39 is 0 Å². The first-order valence-corrected chi connectivity index (χ1v) is 17.5. The lowest BCUT2D eigenvalue weighted by Gasteiger charge is -2.38. The molecule has 2 bridgehead atoms. The van der Waals surface area contributed by atoms with Crippen molar-refractivity contribution < 1.29 is 0 Å². The number of nitrogen functional groups attached to an aromatic ring is 1. The Kier molecular flexibility index (Phi) is 6.74. The van der Waals surface area contributed by atoms with Crippen molar-refractivity contribution in [1.29, 1.82) is 0 Å². The highest BCUT2D eigenvalue weighted by Crippen LogP contribution is 2.50. The van der Waals surface area contributed by atoms with E-state index in [0.29, 0.717) is 22.2 Å². The number of nitrogens with one attached hydrogen (secondary N) is 1. The molecule has 4 aliphatic heterocycles. The first-order valence-electron chi connectivity index (χ1n) is 14.5. The smallest absolute Gasteiger partial charge is 0.350 e. The summed E-state index contributed by atoms with van der Waals surface area (Å²) in [5.74, 6) is 1.58. The zero-order valence-electron chi connectivity index (χ0n) is 22.9. The molecule has 0 amide bonds. The molecule has 0 aliphatic carbocycles. The Morgan fingerprint density at radius 1 is 1.12 bits per heavy atom. The molecular formula is C28H33ClN8OS3. The van der Waals surface area contributed by atoms with Crippen molar-refractivity contribution in [1.82, 2.24) is 29.7 Å². The fourth-order valence-corrected chi connectivity index (χ4v) is 10.7. The van der Waals surface area contributed by atoms with E-state index in [4.69, 9.17) is 22.3 Å². The Morgan fingerprint density at radius 2 is 1.88 bits per heavy atom. The molecule has 13 heteroatoms. The summed E-state index contributed by atoms with van der Waals surface area (Å²) in [6.07, 6.45) is 2.33. The second-order valence-corrected chi connectivity index (χ2v) is 15.2. The Hall–Kier alpha value is -1.93. The highest BCUT2D eigenvalue weighted by molar-refractivity contribution is 7.99. The van der Waals surface area contributed by atoms with E-state index in [1.165, 1.54) is 24.2 Å². The fourth-order valence-electron chi connectivity index (χ4n) is 7.16. The van der Waals surface area contributed by atoms with Crippen LogP contribution in [0.15, 0.2) is 21.1 Å². The van der Waals surface area contributed by atoms with Crippen LogP contribution in [0.2, 0.25) is 5.02 Å². The summed E-state index contributed by atoms with van der Waals surface area (Å²) >= 11 is 12.2. The van der Waals surface area contributed by atoms with E-state index in [9.17, 15) is 4.79 Å². The molecule has 0 spiro atoms. The maximum atomic E-state index is 14.1. The van der Waals surface area contributed by atoms with Gasteiger partial charge in [-0.3, -0.25) is 9.47 Å². The van der Waals surface area contributed by atoms with Gasteiger partial charge in [-0.05, 0) is 25.5 Å². The van der Waals surface area contributed by atoms with E-state index in [2.05, 4.69) is 43.4 Å². The monoisotopic (exact) mass is 628 g/mol. The predicted octanol–water partition coefficient (Wildman–Crippen LogP) is 4.20. The molecule has 2 unspecified atom stereocenters. The molecule has 3 atom stereocenters. The number of nitrogens with two attached hydrogens (primary N) is 1. The average Bonchev–Trinajstić information content (AvgIpc) is 3.64. The summed E-state index contributed by atoms with van der Waals surface area (Å²) < 4.78 is 3.09. The standard InChI is InChI=1S/C28H33ClN8OS3/c1-2-34-5-7-35(8-6-34)12-17-13-39-24-21(19-14-40-26-22(19)32-27(30)41-26)20(29)9-18-23(24)37(17)28(38)33-25(18)36-10-15-3-4-16(11-36)31-15/h9,14-17,31H,2-8,10-13H2,1H3,(H2,30,32)/t15?,16?,17-/m0/s1. The Balaban J connectivity index is 1.29. The van der Waals surface area contributed by atoms with Gasteiger partial charge in [0, 0.05) is 90.4 Å². The Bertz CT molecular complexity index is 1700. The number of thioether (sulfide) groups is 1. The van der Waals surface area contributed by atoms with Crippen LogP contribution in [0.25, 0.3) is 31.6 Å². The SMILES string of the molecule is CCN1CCN(C[C@H]2CSc3c(-c4csc5sc(N)nc45)c(Cl)cc4c(N5CC6CCC(C5)N6)nc(=O)n2c34)CC1. The summed E-state index contributed by atoms with van der Waals surface area (Å²) in [5, 5.41) is 8.06.